The lowest BCUT2D eigenvalue weighted by atomic mass is 10.2. The van der Waals surface area contributed by atoms with Gasteiger partial charge in [-0.1, -0.05) is 0 Å². The summed E-state index contributed by atoms with van der Waals surface area (Å²) >= 11 is 0. The molecule has 0 aliphatic carbocycles. The SMILES string of the molecule is O=C1CCN(CC2COCCO2)C(=O)N1. The van der Waals surface area contributed by atoms with Crippen LogP contribution in [-0.2, 0) is 14.3 Å². The molecule has 2 fully saturated rings. The third-order valence-electron chi connectivity index (χ3n) is 2.45. The van der Waals surface area contributed by atoms with Crippen LogP contribution in [0.15, 0.2) is 0 Å². The van der Waals surface area contributed by atoms with Crippen LogP contribution in [-0.4, -0.2) is 55.9 Å². The predicted octanol–water partition coefficient (Wildman–Crippen LogP) is -0.656. The number of amides is 3. The van der Waals surface area contributed by atoms with Gasteiger partial charge in [-0.25, -0.2) is 4.79 Å². The van der Waals surface area contributed by atoms with E-state index in [9.17, 15) is 9.59 Å². The van der Waals surface area contributed by atoms with Crippen LogP contribution in [0, 0.1) is 0 Å². The molecule has 0 spiro atoms. The molecule has 2 saturated heterocycles. The lowest BCUT2D eigenvalue weighted by molar-refractivity contribution is -0.122. The molecule has 1 unspecified atom stereocenters. The van der Waals surface area contributed by atoms with E-state index >= 15 is 0 Å². The fraction of sp³-hybridized carbons (Fsp3) is 0.778. The number of hydrogen-bond donors (Lipinski definition) is 1. The molecule has 0 aromatic heterocycles. The summed E-state index contributed by atoms with van der Waals surface area (Å²) < 4.78 is 10.7. The van der Waals surface area contributed by atoms with E-state index in [4.69, 9.17) is 9.47 Å². The number of ether oxygens (including phenoxy) is 2. The second kappa shape index (κ2) is 4.59. The first-order valence-corrected chi connectivity index (χ1v) is 5.04. The van der Waals surface area contributed by atoms with E-state index < -0.39 is 0 Å². The van der Waals surface area contributed by atoms with Crippen LogP contribution in [0.4, 0.5) is 4.79 Å². The molecule has 6 heteroatoms. The Morgan fingerprint density at radius 2 is 2.27 bits per heavy atom. The highest BCUT2D eigenvalue weighted by Crippen LogP contribution is 2.07. The minimum atomic E-state index is -0.333. The smallest absolute Gasteiger partial charge is 0.324 e. The second-order valence-electron chi connectivity index (χ2n) is 3.62. The van der Waals surface area contributed by atoms with E-state index in [2.05, 4.69) is 5.32 Å². The van der Waals surface area contributed by atoms with Gasteiger partial charge in [0.15, 0.2) is 0 Å². The Kier molecular flexibility index (Phi) is 3.17. The standard InChI is InChI=1S/C9H14N2O4/c12-8-1-2-11(9(13)10-8)5-7-6-14-3-4-15-7/h7H,1-6H2,(H,10,12,13). The molecular weight excluding hydrogens is 200 g/mol. The second-order valence-corrected chi connectivity index (χ2v) is 3.62. The molecule has 2 aliphatic rings. The molecule has 0 saturated carbocycles. The van der Waals surface area contributed by atoms with Gasteiger partial charge in [-0.3, -0.25) is 10.1 Å². The summed E-state index contributed by atoms with van der Waals surface area (Å²) in [5.74, 6) is -0.211. The normalized spacial score (nSPS) is 27.7. The maximum Gasteiger partial charge on any atom is 0.324 e. The van der Waals surface area contributed by atoms with Gasteiger partial charge in [-0.2, -0.15) is 0 Å². The zero-order chi connectivity index (χ0) is 10.7. The number of carbonyl (C=O) groups is 2. The minimum absolute atomic E-state index is 0.0716. The van der Waals surface area contributed by atoms with Crippen molar-refractivity contribution in [1.82, 2.24) is 10.2 Å². The van der Waals surface area contributed by atoms with Gasteiger partial charge in [0.25, 0.3) is 0 Å². The van der Waals surface area contributed by atoms with Gasteiger partial charge >= 0.3 is 6.03 Å². The first-order valence-electron chi connectivity index (χ1n) is 5.04. The summed E-state index contributed by atoms with van der Waals surface area (Å²) in [6.07, 6.45) is 0.289. The molecule has 0 aromatic rings. The van der Waals surface area contributed by atoms with Crippen molar-refractivity contribution in [3.05, 3.63) is 0 Å². The van der Waals surface area contributed by atoms with Crippen molar-refractivity contribution in [3.63, 3.8) is 0 Å². The van der Waals surface area contributed by atoms with Crippen molar-refractivity contribution in [2.75, 3.05) is 32.9 Å². The molecule has 84 valence electrons. The van der Waals surface area contributed by atoms with Gasteiger partial charge in [0.05, 0.1) is 32.5 Å². The van der Waals surface area contributed by atoms with Gasteiger partial charge in [-0.05, 0) is 0 Å². The highest BCUT2D eigenvalue weighted by molar-refractivity contribution is 5.96. The number of nitrogens with one attached hydrogen (secondary N) is 1. The average Bonchev–Trinajstić information content (AvgIpc) is 2.24. The van der Waals surface area contributed by atoms with E-state index in [0.29, 0.717) is 39.3 Å². The molecule has 1 atom stereocenters. The van der Waals surface area contributed by atoms with Crippen LogP contribution >= 0.6 is 0 Å². The maximum absolute atomic E-state index is 11.4. The lowest BCUT2D eigenvalue weighted by Gasteiger charge is -2.31. The number of hydrogen-bond acceptors (Lipinski definition) is 4. The zero-order valence-electron chi connectivity index (χ0n) is 8.40. The highest BCUT2D eigenvalue weighted by atomic mass is 16.6. The summed E-state index contributed by atoms with van der Waals surface area (Å²) in [6, 6.07) is -0.333. The Morgan fingerprint density at radius 1 is 1.40 bits per heavy atom. The fourth-order valence-electron chi connectivity index (χ4n) is 1.66. The van der Waals surface area contributed by atoms with Gasteiger partial charge in [0.2, 0.25) is 5.91 Å². The molecule has 2 rings (SSSR count). The van der Waals surface area contributed by atoms with Crippen molar-refractivity contribution < 1.29 is 19.1 Å². The number of carbonyl (C=O) groups excluding carboxylic acids is 2. The molecule has 1 N–H and O–H groups in total. The third-order valence-corrected chi connectivity index (χ3v) is 2.45. The van der Waals surface area contributed by atoms with Gasteiger partial charge in [0.1, 0.15) is 0 Å². The van der Waals surface area contributed by atoms with Gasteiger partial charge in [-0.15, -0.1) is 0 Å². The van der Waals surface area contributed by atoms with Gasteiger partial charge < -0.3 is 14.4 Å². The number of nitrogens with zero attached hydrogens (tertiary/aromatic N) is 1. The van der Waals surface area contributed by atoms with Crippen molar-refractivity contribution in [1.29, 1.82) is 0 Å². The van der Waals surface area contributed by atoms with Crippen LogP contribution in [0.5, 0.6) is 0 Å². The summed E-state index contributed by atoms with van der Waals surface area (Å²) in [4.78, 5) is 23.9. The first kappa shape index (κ1) is 10.4. The monoisotopic (exact) mass is 214 g/mol. The summed E-state index contributed by atoms with van der Waals surface area (Å²) in [5, 5.41) is 2.27. The zero-order valence-corrected chi connectivity index (χ0v) is 8.40. The molecular formula is C9H14N2O4. The number of imide groups is 1. The van der Waals surface area contributed by atoms with Crippen LogP contribution in [0.1, 0.15) is 6.42 Å². The van der Waals surface area contributed by atoms with E-state index in [1.807, 2.05) is 0 Å². The summed E-state index contributed by atoms with van der Waals surface area (Å²) in [7, 11) is 0. The summed E-state index contributed by atoms with van der Waals surface area (Å²) in [5.41, 5.74) is 0. The van der Waals surface area contributed by atoms with Gasteiger partial charge in [0, 0.05) is 13.0 Å². The van der Waals surface area contributed by atoms with Crippen LogP contribution in [0.25, 0.3) is 0 Å². The Morgan fingerprint density at radius 3 is 2.93 bits per heavy atom. The van der Waals surface area contributed by atoms with Crippen LogP contribution in [0.3, 0.4) is 0 Å². The van der Waals surface area contributed by atoms with E-state index in [1.54, 1.807) is 4.90 Å². The molecule has 0 bridgehead atoms. The largest absolute Gasteiger partial charge is 0.376 e. The van der Waals surface area contributed by atoms with E-state index in [1.165, 1.54) is 0 Å². The predicted molar refractivity (Wildman–Crippen MR) is 50.3 cm³/mol. The lowest BCUT2D eigenvalue weighted by Crippen LogP contribution is -2.53. The Bertz CT molecular complexity index is 263. The fourth-order valence-corrected chi connectivity index (χ4v) is 1.66. The van der Waals surface area contributed by atoms with Crippen LogP contribution < -0.4 is 5.32 Å². The molecule has 0 aromatic carbocycles. The summed E-state index contributed by atoms with van der Waals surface area (Å²) in [6.45, 7) is 2.64. The molecule has 0 radical (unpaired) electrons. The molecule has 3 amide bonds. The average molecular weight is 214 g/mol. The van der Waals surface area contributed by atoms with E-state index in [-0.39, 0.29) is 18.0 Å². The van der Waals surface area contributed by atoms with Crippen molar-refractivity contribution in [3.8, 4) is 0 Å². The maximum atomic E-state index is 11.4. The van der Waals surface area contributed by atoms with Crippen molar-refractivity contribution in [2.45, 2.75) is 12.5 Å². The molecule has 15 heavy (non-hydrogen) atoms. The Labute approximate surface area is 87.5 Å². The number of urea groups is 1. The van der Waals surface area contributed by atoms with Crippen molar-refractivity contribution >= 4 is 11.9 Å². The topological polar surface area (TPSA) is 67.9 Å². The molecule has 2 aliphatic heterocycles. The highest BCUT2D eigenvalue weighted by Gasteiger charge is 2.26. The van der Waals surface area contributed by atoms with Crippen LogP contribution in [0.2, 0.25) is 0 Å². The first-order chi connectivity index (χ1) is 7.25. The van der Waals surface area contributed by atoms with Crippen molar-refractivity contribution in [2.24, 2.45) is 0 Å². The molecule has 6 nitrogen and oxygen atoms in total. The van der Waals surface area contributed by atoms with E-state index in [0.717, 1.165) is 0 Å². The number of rotatable bonds is 2. The Balaban J connectivity index is 1.82. The quantitative estimate of drug-likeness (QED) is 0.663. The molecule has 2 heterocycles. The Hall–Kier alpha value is -1.14. The third kappa shape index (κ3) is 2.66. The minimum Gasteiger partial charge on any atom is -0.376 e.